The third-order valence-electron chi connectivity index (χ3n) is 3.73. The molecule has 1 aliphatic rings. The smallest absolute Gasteiger partial charge is 0.128 e. The first kappa shape index (κ1) is 13.3. The number of hydrogen-bond donors (Lipinski definition) is 0. The first-order valence-corrected chi connectivity index (χ1v) is 6.92. The molecule has 1 fully saturated rings. The van der Waals surface area contributed by atoms with E-state index in [1.807, 2.05) is 6.20 Å². The summed E-state index contributed by atoms with van der Waals surface area (Å²) in [5, 5.41) is 0. The Morgan fingerprint density at radius 2 is 2.22 bits per heavy atom. The van der Waals surface area contributed by atoms with Crippen molar-refractivity contribution in [2.24, 2.45) is 5.92 Å². The molecule has 2 rings (SSSR count). The molecule has 1 aromatic heterocycles. The predicted molar refractivity (Wildman–Crippen MR) is 77.1 cm³/mol. The summed E-state index contributed by atoms with van der Waals surface area (Å²) in [6.45, 7) is 6.83. The first-order chi connectivity index (χ1) is 8.56. The van der Waals surface area contributed by atoms with E-state index < -0.39 is 0 Å². The number of hydrogen-bond acceptors (Lipinski definition) is 3. The first-order valence-electron chi connectivity index (χ1n) is 6.92. The van der Waals surface area contributed by atoms with Gasteiger partial charge in [-0.15, -0.1) is 0 Å². The summed E-state index contributed by atoms with van der Waals surface area (Å²) in [6, 6.07) is 4.99. The van der Waals surface area contributed by atoms with Crippen LogP contribution in [0.4, 0.5) is 5.82 Å². The molecule has 0 radical (unpaired) electrons. The van der Waals surface area contributed by atoms with Gasteiger partial charge in [-0.2, -0.15) is 0 Å². The minimum absolute atomic E-state index is 0.610. The van der Waals surface area contributed by atoms with Crippen LogP contribution >= 0.6 is 0 Å². The van der Waals surface area contributed by atoms with Crippen molar-refractivity contribution >= 4 is 5.82 Å². The number of likely N-dealkylation sites (tertiary alicyclic amines) is 1. The van der Waals surface area contributed by atoms with Crippen LogP contribution in [0.15, 0.2) is 18.3 Å². The number of rotatable bonds is 4. The van der Waals surface area contributed by atoms with E-state index in [1.54, 1.807) is 0 Å². The molecule has 3 nitrogen and oxygen atoms in total. The van der Waals surface area contributed by atoms with Gasteiger partial charge in [0.25, 0.3) is 0 Å². The standard InChI is InChI=1S/C15H25N3/c1-12(2)9-13-5-6-15(16-10-13)18(4)14-7-8-17(3)11-14/h5-6,10,12,14H,7-9,11H2,1-4H3. The van der Waals surface area contributed by atoms with E-state index in [-0.39, 0.29) is 0 Å². The zero-order chi connectivity index (χ0) is 13.1. The summed E-state index contributed by atoms with van der Waals surface area (Å²) in [4.78, 5) is 9.31. The third kappa shape index (κ3) is 3.22. The number of nitrogens with zero attached hydrogens (tertiary/aromatic N) is 3. The second-order valence-electron chi connectivity index (χ2n) is 5.94. The maximum atomic E-state index is 4.61. The average molecular weight is 247 g/mol. The van der Waals surface area contributed by atoms with Gasteiger partial charge in [-0.25, -0.2) is 4.98 Å². The molecular formula is C15H25N3. The van der Waals surface area contributed by atoms with Crippen LogP contribution in [0.25, 0.3) is 0 Å². The van der Waals surface area contributed by atoms with Gasteiger partial charge in [0.2, 0.25) is 0 Å². The maximum absolute atomic E-state index is 4.61. The lowest BCUT2D eigenvalue weighted by Gasteiger charge is -2.25. The molecule has 0 aromatic carbocycles. The molecule has 0 amide bonds. The molecule has 3 heteroatoms. The van der Waals surface area contributed by atoms with Gasteiger partial charge in [0, 0.05) is 25.8 Å². The average Bonchev–Trinajstić information content (AvgIpc) is 2.75. The molecule has 0 bridgehead atoms. The van der Waals surface area contributed by atoms with Crippen molar-refractivity contribution in [3.05, 3.63) is 23.9 Å². The molecular weight excluding hydrogens is 222 g/mol. The zero-order valence-corrected chi connectivity index (χ0v) is 12.1. The van der Waals surface area contributed by atoms with Crippen LogP contribution in [0.5, 0.6) is 0 Å². The lowest BCUT2D eigenvalue weighted by Crippen LogP contribution is -2.34. The number of anilines is 1. The summed E-state index contributed by atoms with van der Waals surface area (Å²) in [5.41, 5.74) is 1.34. The molecule has 18 heavy (non-hydrogen) atoms. The highest BCUT2D eigenvalue weighted by molar-refractivity contribution is 5.40. The van der Waals surface area contributed by atoms with E-state index in [0.29, 0.717) is 12.0 Å². The summed E-state index contributed by atoms with van der Waals surface area (Å²) in [7, 11) is 4.35. The third-order valence-corrected chi connectivity index (χ3v) is 3.73. The molecule has 1 atom stereocenters. The van der Waals surface area contributed by atoms with Crippen LogP contribution in [0.3, 0.4) is 0 Å². The van der Waals surface area contributed by atoms with Crippen molar-refractivity contribution in [1.29, 1.82) is 0 Å². The quantitative estimate of drug-likeness (QED) is 0.814. The van der Waals surface area contributed by atoms with E-state index in [9.17, 15) is 0 Å². The summed E-state index contributed by atoms with van der Waals surface area (Å²) in [5.74, 6) is 1.79. The minimum atomic E-state index is 0.610. The topological polar surface area (TPSA) is 19.4 Å². The summed E-state index contributed by atoms with van der Waals surface area (Å²) in [6.07, 6.45) is 4.39. The summed E-state index contributed by atoms with van der Waals surface area (Å²) >= 11 is 0. The summed E-state index contributed by atoms with van der Waals surface area (Å²) < 4.78 is 0. The Morgan fingerprint density at radius 3 is 2.72 bits per heavy atom. The predicted octanol–water partition coefficient (Wildman–Crippen LogP) is 2.42. The van der Waals surface area contributed by atoms with Gasteiger partial charge in [-0.3, -0.25) is 0 Å². The molecule has 0 spiro atoms. The molecule has 0 aliphatic carbocycles. The fraction of sp³-hybridized carbons (Fsp3) is 0.667. The Morgan fingerprint density at radius 1 is 1.44 bits per heavy atom. The molecule has 1 unspecified atom stereocenters. The van der Waals surface area contributed by atoms with Gasteiger partial charge in [-0.05, 0) is 44.0 Å². The van der Waals surface area contributed by atoms with Crippen molar-refractivity contribution in [2.45, 2.75) is 32.7 Å². The van der Waals surface area contributed by atoms with E-state index in [0.717, 1.165) is 18.8 Å². The second-order valence-corrected chi connectivity index (χ2v) is 5.94. The normalized spacial score (nSPS) is 20.6. The fourth-order valence-electron chi connectivity index (χ4n) is 2.63. The number of pyridine rings is 1. The Kier molecular flexibility index (Phi) is 4.23. The SMILES string of the molecule is CC(C)Cc1ccc(N(C)C2CCN(C)C2)nc1. The monoisotopic (exact) mass is 247 g/mol. The van der Waals surface area contributed by atoms with Crippen LogP contribution in [0, 0.1) is 5.92 Å². The molecule has 2 heterocycles. The van der Waals surface area contributed by atoms with E-state index in [4.69, 9.17) is 0 Å². The van der Waals surface area contributed by atoms with Crippen molar-refractivity contribution in [2.75, 3.05) is 32.1 Å². The molecule has 100 valence electrons. The second kappa shape index (κ2) is 5.70. The Balaban J connectivity index is 2.00. The van der Waals surface area contributed by atoms with Crippen molar-refractivity contribution in [3.8, 4) is 0 Å². The highest BCUT2D eigenvalue weighted by atomic mass is 15.3. The lowest BCUT2D eigenvalue weighted by atomic mass is 10.1. The van der Waals surface area contributed by atoms with Gasteiger partial charge >= 0.3 is 0 Å². The zero-order valence-electron chi connectivity index (χ0n) is 12.1. The van der Waals surface area contributed by atoms with Gasteiger partial charge in [0.1, 0.15) is 5.82 Å². The molecule has 0 saturated carbocycles. The van der Waals surface area contributed by atoms with Crippen LogP contribution in [0.1, 0.15) is 25.8 Å². The number of aromatic nitrogens is 1. The fourth-order valence-corrected chi connectivity index (χ4v) is 2.63. The molecule has 0 N–H and O–H groups in total. The number of likely N-dealkylation sites (N-methyl/N-ethyl adjacent to an activating group) is 2. The Labute approximate surface area is 111 Å². The molecule has 1 saturated heterocycles. The highest BCUT2D eigenvalue weighted by Gasteiger charge is 2.23. The van der Waals surface area contributed by atoms with Gasteiger partial charge < -0.3 is 9.80 Å². The van der Waals surface area contributed by atoms with Gasteiger partial charge in [-0.1, -0.05) is 19.9 Å². The highest BCUT2D eigenvalue weighted by Crippen LogP contribution is 2.19. The van der Waals surface area contributed by atoms with Crippen molar-refractivity contribution in [3.63, 3.8) is 0 Å². The van der Waals surface area contributed by atoms with Crippen molar-refractivity contribution < 1.29 is 0 Å². The van der Waals surface area contributed by atoms with Gasteiger partial charge in [0.15, 0.2) is 0 Å². The molecule has 1 aromatic rings. The van der Waals surface area contributed by atoms with Crippen LogP contribution in [0.2, 0.25) is 0 Å². The van der Waals surface area contributed by atoms with Gasteiger partial charge in [0.05, 0.1) is 0 Å². The largest absolute Gasteiger partial charge is 0.355 e. The van der Waals surface area contributed by atoms with Crippen LogP contribution in [-0.2, 0) is 6.42 Å². The Hall–Kier alpha value is -1.09. The minimum Gasteiger partial charge on any atom is -0.355 e. The van der Waals surface area contributed by atoms with Crippen molar-refractivity contribution in [1.82, 2.24) is 9.88 Å². The lowest BCUT2D eigenvalue weighted by molar-refractivity contribution is 0.409. The van der Waals surface area contributed by atoms with Crippen LogP contribution < -0.4 is 4.90 Å². The van der Waals surface area contributed by atoms with E-state index in [1.165, 1.54) is 18.5 Å². The Bertz CT molecular complexity index is 372. The maximum Gasteiger partial charge on any atom is 0.128 e. The van der Waals surface area contributed by atoms with E-state index in [2.05, 4.69) is 54.9 Å². The van der Waals surface area contributed by atoms with Crippen LogP contribution in [-0.4, -0.2) is 43.1 Å². The molecule has 1 aliphatic heterocycles. The van der Waals surface area contributed by atoms with E-state index >= 15 is 0 Å².